The average Bonchev–Trinajstić information content (AvgIpc) is 3.12. The van der Waals surface area contributed by atoms with E-state index in [9.17, 15) is 15.0 Å². The predicted octanol–water partition coefficient (Wildman–Crippen LogP) is 2.88. The monoisotopic (exact) mass is 489 g/mol. The van der Waals surface area contributed by atoms with Crippen molar-refractivity contribution >= 4 is 11.0 Å². The van der Waals surface area contributed by atoms with Gasteiger partial charge in [-0.25, -0.2) is 4.79 Å². The second-order valence-electron chi connectivity index (χ2n) is 10.6. The lowest BCUT2D eigenvalue weighted by atomic mass is 9.69. The molecule has 0 radical (unpaired) electrons. The van der Waals surface area contributed by atoms with E-state index in [1.54, 1.807) is 9.13 Å². The predicted molar refractivity (Wildman–Crippen MR) is 142 cm³/mol. The number of imidazole rings is 1. The average molecular weight is 490 g/mol. The van der Waals surface area contributed by atoms with Crippen molar-refractivity contribution in [3.63, 3.8) is 0 Å². The molecule has 1 fully saturated rings. The van der Waals surface area contributed by atoms with Gasteiger partial charge in [0.1, 0.15) is 12.5 Å². The lowest BCUT2D eigenvalue weighted by Gasteiger charge is -2.40. The fraction of sp³-hybridized carbons (Fsp3) is 0.741. The van der Waals surface area contributed by atoms with Crippen molar-refractivity contribution < 1.29 is 10.2 Å². The molecule has 1 aliphatic carbocycles. The molecule has 1 aliphatic rings. The minimum Gasteiger partial charge on any atom is -0.374 e. The quantitative estimate of drug-likeness (QED) is 0.342. The summed E-state index contributed by atoms with van der Waals surface area (Å²) in [5.41, 5.74) is 7.56. The molecule has 8 nitrogen and oxygen atoms in total. The lowest BCUT2D eigenvalue weighted by molar-refractivity contribution is -0.0297. The maximum atomic E-state index is 13.7. The zero-order chi connectivity index (χ0) is 25.7. The highest BCUT2D eigenvalue weighted by molar-refractivity contribution is 5.80. The number of nitrogens with two attached hydrogens (primary N) is 1. The molecule has 3 rings (SSSR count). The molecule has 5 N–H and O–H groups in total. The Bertz CT molecular complexity index is 997. The molecule has 5 atom stereocenters. The minimum absolute atomic E-state index is 0.00847. The Balaban J connectivity index is 2.01. The van der Waals surface area contributed by atoms with Crippen LogP contribution in [0.15, 0.2) is 23.0 Å². The molecule has 0 amide bonds. The number of para-hydroxylation sites is 1. The number of aromatic nitrogens is 2. The summed E-state index contributed by atoms with van der Waals surface area (Å²) in [6.45, 7) is 14.9. The summed E-state index contributed by atoms with van der Waals surface area (Å²) in [5, 5.41) is 25.9. The van der Waals surface area contributed by atoms with Crippen LogP contribution in [0.4, 0.5) is 0 Å². The smallest absolute Gasteiger partial charge is 0.331 e. The maximum Gasteiger partial charge on any atom is 0.331 e. The summed E-state index contributed by atoms with van der Waals surface area (Å²) in [6.07, 6.45) is 1.28. The van der Waals surface area contributed by atoms with Gasteiger partial charge in [-0.15, -0.1) is 0 Å². The number of aliphatic hydroxyl groups is 2. The van der Waals surface area contributed by atoms with Gasteiger partial charge in [-0.1, -0.05) is 53.2 Å². The van der Waals surface area contributed by atoms with Crippen LogP contribution in [0.25, 0.3) is 11.0 Å². The second kappa shape index (κ2) is 12.5. The molecule has 0 saturated heterocycles. The van der Waals surface area contributed by atoms with E-state index in [1.807, 2.05) is 18.2 Å². The molecular formula is C27H47N5O3. The third kappa shape index (κ3) is 6.00. The van der Waals surface area contributed by atoms with Gasteiger partial charge < -0.3 is 20.8 Å². The number of nitrogens with one attached hydrogen (secondary N) is 1. The Labute approximate surface area is 210 Å². The lowest BCUT2D eigenvalue weighted by Crippen LogP contribution is -2.38. The molecule has 1 heterocycles. The fourth-order valence-corrected chi connectivity index (χ4v) is 6.00. The molecule has 0 spiro atoms. The second-order valence-corrected chi connectivity index (χ2v) is 10.6. The first-order valence-corrected chi connectivity index (χ1v) is 13.5. The summed E-state index contributed by atoms with van der Waals surface area (Å²) in [5.74, 6) is 1.32. The number of hydrogen-bond acceptors (Lipinski definition) is 6. The normalized spacial score (nSPS) is 22.9. The number of fused-ring (bicyclic) bond motifs is 1. The van der Waals surface area contributed by atoms with Crippen LogP contribution in [0, 0.1) is 23.7 Å². The molecular weight excluding hydrogens is 442 g/mol. The van der Waals surface area contributed by atoms with E-state index in [0.717, 1.165) is 38.9 Å². The highest BCUT2D eigenvalue weighted by Crippen LogP contribution is 2.43. The zero-order valence-electron chi connectivity index (χ0n) is 22.3. The van der Waals surface area contributed by atoms with Gasteiger partial charge in [0.15, 0.2) is 0 Å². The molecule has 1 aromatic carbocycles. The first-order chi connectivity index (χ1) is 16.7. The van der Waals surface area contributed by atoms with Crippen LogP contribution >= 0.6 is 0 Å². The van der Waals surface area contributed by atoms with Crippen LogP contribution < -0.4 is 16.7 Å². The summed E-state index contributed by atoms with van der Waals surface area (Å²) in [4.78, 5) is 16.0. The fourth-order valence-electron chi connectivity index (χ4n) is 6.00. The van der Waals surface area contributed by atoms with Crippen molar-refractivity contribution in [3.8, 4) is 0 Å². The highest BCUT2D eigenvalue weighted by atomic mass is 16.3. The first-order valence-electron chi connectivity index (χ1n) is 13.5. The molecule has 2 aromatic rings. The van der Waals surface area contributed by atoms with E-state index in [0.29, 0.717) is 54.0 Å². The number of likely N-dealkylation sites (N-methyl/N-ethyl adjacent to an activating group) is 1. The van der Waals surface area contributed by atoms with Crippen molar-refractivity contribution in [2.24, 2.45) is 29.4 Å². The van der Waals surface area contributed by atoms with Crippen molar-refractivity contribution in [2.45, 2.75) is 72.9 Å². The van der Waals surface area contributed by atoms with Crippen LogP contribution in [-0.4, -0.2) is 57.0 Å². The third-order valence-electron chi connectivity index (χ3n) is 8.04. The molecule has 1 saturated carbocycles. The summed E-state index contributed by atoms with van der Waals surface area (Å²) < 4.78 is 3.18. The van der Waals surface area contributed by atoms with Gasteiger partial charge in [0.2, 0.25) is 0 Å². The highest BCUT2D eigenvalue weighted by Gasteiger charge is 2.37. The van der Waals surface area contributed by atoms with Crippen LogP contribution in [0.5, 0.6) is 0 Å². The van der Waals surface area contributed by atoms with Gasteiger partial charge in [-0.05, 0) is 49.8 Å². The Morgan fingerprint density at radius 2 is 1.89 bits per heavy atom. The Kier molecular flexibility index (Phi) is 9.95. The zero-order valence-corrected chi connectivity index (χ0v) is 22.3. The molecule has 0 bridgehead atoms. The number of hydrogen-bond donors (Lipinski definition) is 4. The molecule has 2 unspecified atom stereocenters. The Morgan fingerprint density at radius 3 is 2.51 bits per heavy atom. The van der Waals surface area contributed by atoms with E-state index in [2.05, 4.69) is 44.8 Å². The van der Waals surface area contributed by atoms with E-state index in [4.69, 9.17) is 5.73 Å². The van der Waals surface area contributed by atoms with E-state index in [1.165, 1.54) is 0 Å². The minimum atomic E-state index is -0.927. The van der Waals surface area contributed by atoms with E-state index in [-0.39, 0.29) is 11.6 Å². The standard InChI is InChI=1S/C27H47N5O3/c1-6-30(7-2)16-14-29-25(33)21-9-8-10-23-24(21)31(15-13-28)27(35)32(23)26(34)22-17-19(5)11-12-20(22)18(3)4/h8-10,18-20,22,25-26,29,33-34H,6-7,11-17,28H2,1-5H3/t19-,20+,22-,25?,26?/m1/s1. The third-order valence-corrected chi connectivity index (χ3v) is 8.04. The van der Waals surface area contributed by atoms with Gasteiger partial charge in [0.05, 0.1) is 11.0 Å². The number of benzene rings is 1. The van der Waals surface area contributed by atoms with Crippen molar-refractivity contribution in [1.29, 1.82) is 0 Å². The van der Waals surface area contributed by atoms with Crippen molar-refractivity contribution in [3.05, 3.63) is 34.2 Å². The van der Waals surface area contributed by atoms with Gasteiger partial charge in [0, 0.05) is 37.7 Å². The van der Waals surface area contributed by atoms with Crippen LogP contribution in [0.2, 0.25) is 0 Å². The molecule has 0 aliphatic heterocycles. The maximum absolute atomic E-state index is 13.7. The van der Waals surface area contributed by atoms with Gasteiger partial charge in [0.25, 0.3) is 0 Å². The summed E-state index contributed by atoms with van der Waals surface area (Å²) >= 11 is 0. The topological polar surface area (TPSA) is 109 Å². The summed E-state index contributed by atoms with van der Waals surface area (Å²) in [6, 6.07) is 5.57. The number of rotatable bonds is 12. The van der Waals surface area contributed by atoms with E-state index >= 15 is 0 Å². The van der Waals surface area contributed by atoms with Gasteiger partial charge >= 0.3 is 5.69 Å². The number of nitrogens with zero attached hydrogens (tertiary/aromatic N) is 3. The Morgan fingerprint density at radius 1 is 1.17 bits per heavy atom. The van der Waals surface area contributed by atoms with Crippen LogP contribution in [0.3, 0.4) is 0 Å². The summed E-state index contributed by atoms with van der Waals surface area (Å²) in [7, 11) is 0. The van der Waals surface area contributed by atoms with Gasteiger partial charge in [-0.2, -0.15) is 0 Å². The molecule has 1 aromatic heterocycles. The SMILES string of the molecule is CCN(CC)CCNC(O)c1cccc2c1n(CCN)c(=O)n2C(O)[C@@H]1C[C@H](C)CC[C@H]1C(C)C. The first kappa shape index (κ1) is 27.9. The largest absolute Gasteiger partial charge is 0.374 e. The van der Waals surface area contributed by atoms with Gasteiger partial charge in [-0.3, -0.25) is 14.5 Å². The molecule has 8 heteroatoms. The van der Waals surface area contributed by atoms with Crippen molar-refractivity contribution in [2.75, 3.05) is 32.7 Å². The van der Waals surface area contributed by atoms with E-state index < -0.39 is 12.5 Å². The van der Waals surface area contributed by atoms with Crippen LogP contribution in [0.1, 0.15) is 71.9 Å². The van der Waals surface area contributed by atoms with Crippen molar-refractivity contribution in [1.82, 2.24) is 19.4 Å². The van der Waals surface area contributed by atoms with Crippen LogP contribution in [-0.2, 0) is 6.54 Å². The number of aliphatic hydroxyl groups excluding tert-OH is 2. The Hall–Kier alpha value is -1.71. The molecule has 198 valence electrons. The molecule has 35 heavy (non-hydrogen) atoms.